The Morgan fingerprint density at radius 2 is 2.16 bits per heavy atom. The van der Waals surface area contributed by atoms with Crippen molar-refractivity contribution in [3.05, 3.63) is 39.9 Å². The molecule has 2 aromatic rings. The van der Waals surface area contributed by atoms with Gasteiger partial charge in [-0.2, -0.15) is 0 Å². The molecule has 1 fully saturated rings. The van der Waals surface area contributed by atoms with Crippen LogP contribution in [0.15, 0.2) is 23.0 Å². The predicted molar refractivity (Wildman–Crippen MR) is 89.0 cm³/mol. The maximum atomic E-state index is 12.6. The highest BCUT2D eigenvalue weighted by Gasteiger charge is 2.36. The molecule has 25 heavy (non-hydrogen) atoms. The average molecular weight is 361 g/mol. The van der Waals surface area contributed by atoms with Crippen LogP contribution < -0.4 is 10.9 Å². The molecule has 0 aliphatic carbocycles. The molecule has 2 aliphatic rings. The van der Waals surface area contributed by atoms with Gasteiger partial charge in [0.25, 0.3) is 5.56 Å². The molecule has 0 spiro atoms. The van der Waals surface area contributed by atoms with Gasteiger partial charge in [0, 0.05) is 36.4 Å². The lowest BCUT2D eigenvalue weighted by Crippen LogP contribution is -2.51. The van der Waals surface area contributed by atoms with Crippen molar-refractivity contribution in [1.29, 1.82) is 0 Å². The van der Waals surface area contributed by atoms with Crippen molar-refractivity contribution >= 4 is 28.5 Å². The Kier molecular flexibility index (Phi) is 3.75. The minimum Gasteiger partial charge on any atom is -0.476 e. The van der Waals surface area contributed by atoms with Gasteiger partial charge in [0.15, 0.2) is 5.00 Å². The van der Waals surface area contributed by atoms with Gasteiger partial charge in [-0.1, -0.05) is 10.6 Å². The number of carbonyl (C=O) groups is 2. The van der Waals surface area contributed by atoms with E-state index in [2.05, 4.69) is 14.9 Å². The van der Waals surface area contributed by atoms with Crippen LogP contribution in [0.2, 0.25) is 0 Å². The summed E-state index contributed by atoms with van der Waals surface area (Å²) in [6, 6.07) is 4.81. The van der Waals surface area contributed by atoms with Crippen LogP contribution in [0.4, 0.5) is 9.80 Å². The van der Waals surface area contributed by atoms with Crippen LogP contribution >= 0.6 is 11.5 Å². The zero-order valence-electron chi connectivity index (χ0n) is 13.1. The van der Waals surface area contributed by atoms with Gasteiger partial charge in [-0.05, 0) is 24.8 Å². The number of aromatic nitrogens is 3. The smallest absolute Gasteiger partial charge is 0.359 e. The molecule has 0 saturated carbocycles. The number of urea groups is 1. The van der Waals surface area contributed by atoms with Crippen molar-refractivity contribution in [3.8, 4) is 0 Å². The molecule has 130 valence electrons. The minimum absolute atomic E-state index is 0.0528. The number of pyridine rings is 1. The number of anilines is 1. The van der Waals surface area contributed by atoms with E-state index in [0.717, 1.165) is 30.1 Å². The van der Waals surface area contributed by atoms with E-state index >= 15 is 0 Å². The lowest BCUT2D eigenvalue weighted by atomic mass is 9.86. The highest BCUT2D eigenvalue weighted by molar-refractivity contribution is 7.10. The molecule has 2 aliphatic heterocycles. The fourth-order valence-corrected chi connectivity index (χ4v) is 4.24. The fraction of sp³-hybridized carbons (Fsp3) is 0.400. The number of likely N-dealkylation sites (tertiary alicyclic amines) is 1. The normalized spacial score (nSPS) is 21.5. The van der Waals surface area contributed by atoms with Crippen LogP contribution in [0.5, 0.6) is 0 Å². The number of carboxylic acids is 1. The number of piperidine rings is 1. The maximum Gasteiger partial charge on any atom is 0.359 e. The molecule has 0 radical (unpaired) electrons. The number of hydrogen-bond acceptors (Lipinski definition) is 6. The monoisotopic (exact) mass is 361 g/mol. The summed E-state index contributed by atoms with van der Waals surface area (Å²) in [5.41, 5.74) is 0.689. The second kappa shape index (κ2) is 5.96. The van der Waals surface area contributed by atoms with Gasteiger partial charge in [0.05, 0.1) is 6.04 Å². The number of hydrogen-bond donors (Lipinski definition) is 2. The van der Waals surface area contributed by atoms with Crippen molar-refractivity contribution in [1.82, 2.24) is 19.1 Å². The first kappa shape index (κ1) is 15.8. The van der Waals surface area contributed by atoms with E-state index in [9.17, 15) is 14.4 Å². The van der Waals surface area contributed by atoms with Gasteiger partial charge >= 0.3 is 12.0 Å². The maximum absolute atomic E-state index is 12.6. The molecule has 0 aromatic carbocycles. The molecule has 4 rings (SSSR count). The first-order valence-corrected chi connectivity index (χ1v) is 8.62. The Balaban J connectivity index is 1.55. The molecular formula is C15H15N5O4S. The van der Waals surface area contributed by atoms with E-state index in [1.807, 2.05) is 6.07 Å². The molecule has 2 aromatic heterocycles. The molecule has 9 nitrogen and oxygen atoms in total. The Morgan fingerprint density at radius 3 is 2.96 bits per heavy atom. The lowest BCUT2D eigenvalue weighted by molar-refractivity contribution is 0.0691. The molecule has 2 amide bonds. The predicted octanol–water partition coefficient (Wildman–Crippen LogP) is 1.05. The number of rotatable bonds is 2. The van der Waals surface area contributed by atoms with E-state index in [4.69, 9.17) is 5.11 Å². The molecule has 2 atom stereocenters. The molecule has 2 bridgehead atoms. The van der Waals surface area contributed by atoms with E-state index in [0.29, 0.717) is 13.1 Å². The largest absolute Gasteiger partial charge is 0.476 e. The summed E-state index contributed by atoms with van der Waals surface area (Å²) < 4.78 is 5.34. The molecule has 1 saturated heterocycles. The van der Waals surface area contributed by atoms with E-state index < -0.39 is 12.0 Å². The van der Waals surface area contributed by atoms with E-state index in [1.54, 1.807) is 15.5 Å². The first-order chi connectivity index (χ1) is 12.0. The first-order valence-electron chi connectivity index (χ1n) is 7.85. The zero-order chi connectivity index (χ0) is 17.6. The van der Waals surface area contributed by atoms with Crippen molar-refractivity contribution in [2.24, 2.45) is 5.92 Å². The molecule has 10 heteroatoms. The summed E-state index contributed by atoms with van der Waals surface area (Å²) in [5.74, 6) is -0.954. The summed E-state index contributed by atoms with van der Waals surface area (Å²) in [7, 11) is 0. The second-order valence-electron chi connectivity index (χ2n) is 6.28. The van der Waals surface area contributed by atoms with Crippen LogP contribution in [0.25, 0.3) is 0 Å². The Hall–Kier alpha value is -2.75. The van der Waals surface area contributed by atoms with E-state index in [-0.39, 0.29) is 28.2 Å². The zero-order valence-corrected chi connectivity index (χ0v) is 13.9. The second-order valence-corrected chi connectivity index (χ2v) is 7.03. The highest BCUT2D eigenvalue weighted by atomic mass is 32.1. The van der Waals surface area contributed by atoms with Gasteiger partial charge < -0.3 is 14.6 Å². The SMILES string of the molecule is O=C(O)c1nnsc1NC(=O)N1C[C@@H]2Cc3cccc(=O)n3[C@@H](C2)C1. The van der Waals surface area contributed by atoms with Crippen LogP contribution in [0.3, 0.4) is 0 Å². The van der Waals surface area contributed by atoms with Crippen molar-refractivity contribution in [3.63, 3.8) is 0 Å². The molecule has 2 N–H and O–H groups in total. The van der Waals surface area contributed by atoms with Crippen molar-refractivity contribution in [2.75, 3.05) is 18.4 Å². The fourth-order valence-electron chi connectivity index (χ4n) is 3.68. The highest BCUT2D eigenvalue weighted by Crippen LogP contribution is 2.33. The number of fused-ring (bicyclic) bond motifs is 4. The summed E-state index contributed by atoms with van der Waals surface area (Å²) in [6.07, 6.45) is 1.61. The quantitative estimate of drug-likeness (QED) is 0.825. The molecule has 4 heterocycles. The van der Waals surface area contributed by atoms with Gasteiger partial charge in [-0.3, -0.25) is 10.1 Å². The van der Waals surface area contributed by atoms with Gasteiger partial charge in [-0.25, -0.2) is 9.59 Å². The van der Waals surface area contributed by atoms with Crippen molar-refractivity contribution < 1.29 is 14.7 Å². The molecule has 0 unspecified atom stereocenters. The number of aromatic carboxylic acids is 1. The Bertz CT molecular complexity index is 907. The third kappa shape index (κ3) is 2.78. The van der Waals surface area contributed by atoms with Gasteiger partial charge in [0.2, 0.25) is 5.69 Å². The summed E-state index contributed by atoms with van der Waals surface area (Å²) in [5, 5.41) is 15.3. The average Bonchev–Trinajstić information content (AvgIpc) is 3.02. The standard InChI is InChI=1S/C15H15N5O4S/c21-11-3-1-2-9-4-8-5-10(20(9)11)7-19(6-8)15(24)16-13-12(14(22)23)17-18-25-13/h1-3,8,10H,4-7H2,(H,16,24)(H,22,23)/t8-,10+/m1/s1. The van der Waals surface area contributed by atoms with Gasteiger partial charge in [-0.15, -0.1) is 5.10 Å². The molecular weight excluding hydrogens is 346 g/mol. The minimum atomic E-state index is -1.24. The van der Waals surface area contributed by atoms with Crippen LogP contribution in [-0.2, 0) is 6.42 Å². The van der Waals surface area contributed by atoms with Crippen molar-refractivity contribution in [2.45, 2.75) is 18.9 Å². The number of nitrogens with one attached hydrogen (secondary N) is 1. The topological polar surface area (TPSA) is 117 Å². The van der Waals surface area contributed by atoms with Crippen LogP contribution in [0, 0.1) is 5.92 Å². The third-order valence-corrected chi connectivity index (χ3v) is 5.29. The Morgan fingerprint density at radius 1 is 1.32 bits per heavy atom. The summed E-state index contributed by atoms with van der Waals surface area (Å²) in [4.78, 5) is 37.4. The number of carboxylic acid groups (broad SMARTS) is 1. The summed E-state index contributed by atoms with van der Waals surface area (Å²) in [6.45, 7) is 0.980. The number of nitrogens with zero attached hydrogens (tertiary/aromatic N) is 4. The third-order valence-electron chi connectivity index (χ3n) is 4.65. The van der Waals surface area contributed by atoms with Crippen LogP contribution in [-0.4, -0.2) is 49.3 Å². The summed E-state index contributed by atoms with van der Waals surface area (Å²) >= 11 is 0.827. The lowest BCUT2D eigenvalue weighted by Gasteiger charge is -2.42. The van der Waals surface area contributed by atoms with Crippen LogP contribution in [0.1, 0.15) is 28.6 Å². The van der Waals surface area contributed by atoms with E-state index in [1.165, 1.54) is 6.07 Å². The Labute approximate surface area is 146 Å². The number of amides is 2. The van der Waals surface area contributed by atoms with Gasteiger partial charge in [0.1, 0.15) is 0 Å². The number of carbonyl (C=O) groups excluding carboxylic acids is 1.